The molecular weight excluding hydrogens is 440 g/mol. The van der Waals surface area contributed by atoms with E-state index in [1.54, 1.807) is 6.92 Å². The van der Waals surface area contributed by atoms with Gasteiger partial charge in [-0.25, -0.2) is 0 Å². The van der Waals surface area contributed by atoms with Crippen molar-refractivity contribution in [3.8, 4) is 0 Å². The lowest BCUT2D eigenvalue weighted by molar-refractivity contribution is -0.357. The van der Waals surface area contributed by atoms with E-state index in [1.807, 2.05) is 18.2 Å². The number of benzene rings is 2. The van der Waals surface area contributed by atoms with Gasteiger partial charge in [-0.2, -0.15) is 0 Å². The number of aliphatic hydroxyl groups excluding tert-OH is 3. The highest BCUT2D eigenvalue weighted by Gasteiger charge is 2.53. The highest BCUT2D eigenvalue weighted by molar-refractivity contribution is 5.39. The fraction of sp³-hybridized carbons (Fsp3) is 0.600. The van der Waals surface area contributed by atoms with Gasteiger partial charge < -0.3 is 24.8 Å². The van der Waals surface area contributed by atoms with Crippen molar-refractivity contribution in [2.75, 3.05) is 13.7 Å². The van der Waals surface area contributed by atoms with Crippen LogP contribution in [0, 0.1) is 18.3 Å². The molecule has 190 valence electrons. The molecule has 0 bridgehead atoms. The fourth-order valence-electron chi connectivity index (χ4n) is 6.35. The molecule has 1 spiro atoms. The first-order valence-electron chi connectivity index (χ1n) is 13.2. The second kappa shape index (κ2) is 9.60. The molecule has 1 unspecified atom stereocenters. The Morgan fingerprint density at radius 1 is 1.00 bits per heavy atom. The van der Waals surface area contributed by atoms with Gasteiger partial charge in [0.25, 0.3) is 0 Å². The van der Waals surface area contributed by atoms with Gasteiger partial charge in [-0.1, -0.05) is 43.3 Å². The summed E-state index contributed by atoms with van der Waals surface area (Å²) in [5, 5.41) is 31.3. The van der Waals surface area contributed by atoms with Crippen LogP contribution in [0.25, 0.3) is 0 Å². The van der Waals surface area contributed by atoms with Gasteiger partial charge in [0.2, 0.25) is 5.79 Å². The second-order valence-corrected chi connectivity index (χ2v) is 11.3. The zero-order chi connectivity index (χ0) is 24.8. The number of methoxy groups -OCH3 is 1. The van der Waals surface area contributed by atoms with Gasteiger partial charge in [0.05, 0.1) is 12.7 Å². The van der Waals surface area contributed by atoms with Crippen LogP contribution in [0.5, 0.6) is 0 Å². The highest BCUT2D eigenvalue weighted by Crippen LogP contribution is 2.58. The molecule has 2 saturated carbocycles. The van der Waals surface area contributed by atoms with Crippen LogP contribution in [0.1, 0.15) is 79.2 Å². The molecular formula is C30H40O5. The summed E-state index contributed by atoms with van der Waals surface area (Å²) in [5.74, 6) is -1.27. The Morgan fingerprint density at radius 2 is 1.69 bits per heavy atom. The SMILES string of the molecule is COC1(c2ccc(C)c(Cc3ccc(C4CCC5(CC4)CC5)cc3)c2)O[C@H](CO)[C@@H](O)[C@H](C)[C@H]1O. The van der Waals surface area contributed by atoms with Crippen molar-refractivity contribution < 1.29 is 24.8 Å². The van der Waals surface area contributed by atoms with E-state index in [0.29, 0.717) is 11.5 Å². The standard InChI is InChI=1S/C30H40O5/c1-19-4-9-25(30(34-3)28(33)20(2)27(32)26(18-31)35-30)17-24(19)16-21-5-7-22(8-6-21)23-10-12-29(13-11-23)14-15-29/h4-9,17,20,23,26-28,31-33H,10-16,18H2,1-3H3/t20-,26+,27-,28+,30?/m0/s1. The molecule has 5 rings (SSSR count). The van der Waals surface area contributed by atoms with Crippen molar-refractivity contribution in [3.63, 3.8) is 0 Å². The minimum absolute atomic E-state index is 0.351. The van der Waals surface area contributed by atoms with E-state index in [9.17, 15) is 15.3 Å². The average Bonchev–Trinajstić information content (AvgIpc) is 3.64. The van der Waals surface area contributed by atoms with Crippen LogP contribution in [-0.2, 0) is 21.7 Å². The molecule has 0 aromatic heterocycles. The molecule has 2 aromatic rings. The minimum Gasteiger partial charge on any atom is -0.394 e. The summed E-state index contributed by atoms with van der Waals surface area (Å²) in [7, 11) is 1.50. The van der Waals surface area contributed by atoms with Crippen molar-refractivity contribution in [1.29, 1.82) is 0 Å². The molecule has 3 fully saturated rings. The first kappa shape index (κ1) is 24.9. The van der Waals surface area contributed by atoms with Crippen LogP contribution in [0.2, 0.25) is 0 Å². The maximum Gasteiger partial charge on any atom is 0.222 e. The normalized spacial score (nSPS) is 32.6. The Labute approximate surface area is 209 Å². The van der Waals surface area contributed by atoms with Crippen molar-refractivity contribution in [3.05, 3.63) is 70.3 Å². The van der Waals surface area contributed by atoms with Crippen LogP contribution >= 0.6 is 0 Å². The van der Waals surface area contributed by atoms with E-state index in [2.05, 4.69) is 31.2 Å². The molecule has 3 aliphatic rings. The lowest BCUT2D eigenvalue weighted by Crippen LogP contribution is -2.60. The van der Waals surface area contributed by atoms with Crippen molar-refractivity contribution in [1.82, 2.24) is 0 Å². The zero-order valence-corrected chi connectivity index (χ0v) is 21.2. The lowest BCUT2D eigenvalue weighted by Gasteiger charge is -2.48. The zero-order valence-electron chi connectivity index (χ0n) is 21.2. The van der Waals surface area contributed by atoms with Crippen LogP contribution in [-0.4, -0.2) is 47.3 Å². The molecule has 3 N–H and O–H groups in total. The summed E-state index contributed by atoms with van der Waals surface area (Å²) >= 11 is 0. The van der Waals surface area contributed by atoms with E-state index in [4.69, 9.17) is 9.47 Å². The third-order valence-corrected chi connectivity index (χ3v) is 9.22. The topological polar surface area (TPSA) is 79.2 Å². The van der Waals surface area contributed by atoms with Gasteiger partial charge in [0, 0.05) is 18.6 Å². The van der Waals surface area contributed by atoms with E-state index in [1.165, 1.54) is 56.8 Å². The van der Waals surface area contributed by atoms with Crippen LogP contribution in [0.15, 0.2) is 42.5 Å². The predicted molar refractivity (Wildman–Crippen MR) is 135 cm³/mol. The fourth-order valence-corrected chi connectivity index (χ4v) is 6.35. The smallest absolute Gasteiger partial charge is 0.222 e. The Morgan fingerprint density at radius 3 is 2.29 bits per heavy atom. The predicted octanol–water partition coefficient (Wildman–Crippen LogP) is 4.57. The van der Waals surface area contributed by atoms with Crippen LogP contribution in [0.4, 0.5) is 0 Å². The molecule has 1 heterocycles. The third kappa shape index (κ3) is 4.58. The highest BCUT2D eigenvalue weighted by atomic mass is 16.7. The van der Waals surface area contributed by atoms with E-state index >= 15 is 0 Å². The van der Waals surface area contributed by atoms with Crippen molar-refractivity contribution in [2.45, 2.75) is 88.8 Å². The first-order chi connectivity index (χ1) is 16.8. The second-order valence-electron chi connectivity index (χ2n) is 11.3. The summed E-state index contributed by atoms with van der Waals surface area (Å²) in [4.78, 5) is 0. The Kier molecular flexibility index (Phi) is 6.84. The van der Waals surface area contributed by atoms with E-state index in [-0.39, 0.29) is 6.61 Å². The number of aryl methyl sites for hydroxylation is 1. The third-order valence-electron chi connectivity index (χ3n) is 9.22. The molecule has 5 heteroatoms. The summed E-state index contributed by atoms with van der Waals surface area (Å²) in [5.41, 5.74) is 6.42. The number of hydrogen-bond donors (Lipinski definition) is 3. The molecule has 0 amide bonds. The van der Waals surface area contributed by atoms with Gasteiger partial charge in [-0.15, -0.1) is 0 Å². The van der Waals surface area contributed by atoms with Gasteiger partial charge in [0.1, 0.15) is 12.2 Å². The molecule has 2 aromatic carbocycles. The van der Waals surface area contributed by atoms with Crippen LogP contribution < -0.4 is 0 Å². The molecule has 5 nitrogen and oxygen atoms in total. The first-order valence-corrected chi connectivity index (χ1v) is 13.2. The Balaban J connectivity index is 1.35. The van der Waals surface area contributed by atoms with Gasteiger partial charge in [-0.05, 0) is 91.5 Å². The van der Waals surface area contributed by atoms with Gasteiger partial charge in [-0.3, -0.25) is 0 Å². The number of ether oxygens (including phenoxy) is 2. The summed E-state index contributed by atoms with van der Waals surface area (Å²) in [6, 6.07) is 15.1. The Bertz CT molecular complexity index is 1020. The van der Waals surface area contributed by atoms with E-state index in [0.717, 1.165) is 23.0 Å². The summed E-state index contributed by atoms with van der Waals surface area (Å²) in [6.45, 7) is 3.49. The van der Waals surface area contributed by atoms with Crippen LogP contribution in [0.3, 0.4) is 0 Å². The number of aliphatic hydroxyl groups is 3. The number of hydrogen-bond acceptors (Lipinski definition) is 5. The minimum atomic E-state index is -1.45. The molecule has 1 saturated heterocycles. The summed E-state index contributed by atoms with van der Waals surface area (Å²) < 4.78 is 11.8. The maximum atomic E-state index is 11.1. The van der Waals surface area contributed by atoms with E-state index < -0.39 is 30.0 Å². The molecule has 0 radical (unpaired) electrons. The van der Waals surface area contributed by atoms with Crippen molar-refractivity contribution in [2.24, 2.45) is 11.3 Å². The van der Waals surface area contributed by atoms with Gasteiger partial charge >= 0.3 is 0 Å². The number of rotatable bonds is 6. The average molecular weight is 481 g/mol. The van der Waals surface area contributed by atoms with Gasteiger partial charge in [0.15, 0.2) is 0 Å². The Hall–Kier alpha value is -1.76. The molecule has 5 atom stereocenters. The monoisotopic (exact) mass is 480 g/mol. The molecule has 1 aliphatic heterocycles. The lowest BCUT2D eigenvalue weighted by atomic mass is 9.77. The largest absolute Gasteiger partial charge is 0.394 e. The molecule has 2 aliphatic carbocycles. The quantitative estimate of drug-likeness (QED) is 0.564. The summed E-state index contributed by atoms with van der Waals surface area (Å²) in [6.07, 6.45) is 6.22. The molecule has 35 heavy (non-hydrogen) atoms. The van der Waals surface area contributed by atoms with Crippen molar-refractivity contribution >= 4 is 0 Å². The maximum absolute atomic E-state index is 11.1.